The number of benzene rings is 1. The van der Waals surface area contributed by atoms with Crippen molar-refractivity contribution >= 4 is 0 Å². The summed E-state index contributed by atoms with van der Waals surface area (Å²) in [4.78, 5) is 2.83. The molecule has 27 heavy (non-hydrogen) atoms. The highest BCUT2D eigenvalue weighted by Gasteiger charge is 2.42. The van der Waals surface area contributed by atoms with E-state index in [0.717, 1.165) is 23.9 Å². The van der Waals surface area contributed by atoms with Gasteiger partial charge in [-0.15, -0.1) is 0 Å². The van der Waals surface area contributed by atoms with Crippen LogP contribution in [0.3, 0.4) is 0 Å². The molecule has 2 heteroatoms. The predicted molar refractivity (Wildman–Crippen MR) is 113 cm³/mol. The van der Waals surface area contributed by atoms with Crippen molar-refractivity contribution < 1.29 is 4.74 Å². The highest BCUT2D eigenvalue weighted by Crippen LogP contribution is 2.42. The topological polar surface area (TPSA) is 12.5 Å². The van der Waals surface area contributed by atoms with Crippen molar-refractivity contribution in [2.24, 2.45) is 11.8 Å². The van der Waals surface area contributed by atoms with E-state index in [1.165, 1.54) is 76.3 Å². The summed E-state index contributed by atoms with van der Waals surface area (Å²) < 4.78 is 6.95. The summed E-state index contributed by atoms with van der Waals surface area (Å²) in [6, 6.07) is 12.6. The monoisotopic (exact) mass is 369 g/mol. The quantitative estimate of drug-likeness (QED) is 0.554. The van der Waals surface area contributed by atoms with Gasteiger partial charge in [0, 0.05) is 12.1 Å². The van der Waals surface area contributed by atoms with Gasteiger partial charge in [0.1, 0.15) is 0 Å². The predicted octanol–water partition coefficient (Wildman–Crippen LogP) is 6.37. The molecular weight excluding hydrogens is 330 g/mol. The minimum atomic E-state index is 0.318. The fourth-order valence-corrected chi connectivity index (χ4v) is 5.86. The Kier molecular flexibility index (Phi) is 6.55. The summed E-state index contributed by atoms with van der Waals surface area (Å²) in [7, 11) is 0. The lowest BCUT2D eigenvalue weighted by Gasteiger charge is -2.41. The number of piperidine rings is 1. The second-order valence-corrected chi connectivity index (χ2v) is 9.76. The summed E-state index contributed by atoms with van der Waals surface area (Å²) in [5.74, 6) is 1.53. The number of rotatable bonds is 7. The molecule has 150 valence electrons. The first-order chi connectivity index (χ1) is 13.2. The molecule has 0 N–H and O–H groups in total. The number of ether oxygens (including phenoxy) is 1. The van der Waals surface area contributed by atoms with E-state index in [1.807, 2.05) is 0 Å². The van der Waals surface area contributed by atoms with Crippen LogP contribution >= 0.6 is 0 Å². The molecule has 2 bridgehead atoms. The lowest BCUT2D eigenvalue weighted by atomic mass is 9.82. The SMILES string of the molecule is CC(C)CCN1[C@@H]2CC[C@H]1CC(OC(c1ccccc1)C1CCCCC1)C2. The molecule has 1 aromatic rings. The largest absolute Gasteiger partial charge is 0.370 e. The molecule has 3 fully saturated rings. The van der Waals surface area contributed by atoms with Crippen LogP contribution in [0.2, 0.25) is 0 Å². The van der Waals surface area contributed by atoms with Gasteiger partial charge in [-0.25, -0.2) is 0 Å². The number of fused-ring (bicyclic) bond motifs is 2. The molecule has 0 aromatic heterocycles. The molecule has 2 unspecified atom stereocenters. The molecular formula is C25H39NO. The second kappa shape index (κ2) is 9.09. The summed E-state index contributed by atoms with van der Waals surface area (Å²) in [5, 5.41) is 0. The van der Waals surface area contributed by atoms with Gasteiger partial charge >= 0.3 is 0 Å². The van der Waals surface area contributed by atoms with E-state index in [2.05, 4.69) is 49.1 Å². The average molecular weight is 370 g/mol. The smallest absolute Gasteiger partial charge is 0.0856 e. The van der Waals surface area contributed by atoms with Crippen LogP contribution in [0.5, 0.6) is 0 Å². The minimum Gasteiger partial charge on any atom is -0.370 e. The third-order valence-electron chi connectivity index (χ3n) is 7.35. The normalized spacial score (nSPS) is 30.7. The molecule has 1 aliphatic carbocycles. The van der Waals surface area contributed by atoms with E-state index in [9.17, 15) is 0 Å². The third kappa shape index (κ3) is 4.77. The van der Waals surface area contributed by atoms with Gasteiger partial charge in [-0.1, -0.05) is 63.4 Å². The Balaban J connectivity index is 1.42. The zero-order valence-electron chi connectivity index (χ0n) is 17.5. The van der Waals surface area contributed by atoms with E-state index in [1.54, 1.807) is 0 Å². The Hall–Kier alpha value is -0.860. The molecule has 1 aromatic carbocycles. The average Bonchev–Trinajstić information content (AvgIpc) is 2.94. The molecule has 0 spiro atoms. The van der Waals surface area contributed by atoms with Crippen molar-refractivity contribution in [3.8, 4) is 0 Å². The zero-order chi connectivity index (χ0) is 18.6. The van der Waals surface area contributed by atoms with Crippen molar-refractivity contribution in [1.82, 2.24) is 4.90 Å². The molecule has 2 nitrogen and oxygen atoms in total. The van der Waals surface area contributed by atoms with Gasteiger partial charge in [0.15, 0.2) is 0 Å². The molecule has 1 saturated carbocycles. The first-order valence-corrected chi connectivity index (χ1v) is 11.7. The van der Waals surface area contributed by atoms with Gasteiger partial charge in [-0.05, 0) is 68.9 Å². The molecule has 2 saturated heterocycles. The van der Waals surface area contributed by atoms with Gasteiger partial charge in [0.25, 0.3) is 0 Å². The van der Waals surface area contributed by atoms with E-state index in [-0.39, 0.29) is 0 Å². The van der Waals surface area contributed by atoms with E-state index in [0.29, 0.717) is 12.2 Å². The lowest BCUT2D eigenvalue weighted by Crippen LogP contribution is -2.46. The van der Waals surface area contributed by atoms with Crippen LogP contribution in [0, 0.1) is 11.8 Å². The molecule has 3 aliphatic rings. The molecule has 2 heterocycles. The van der Waals surface area contributed by atoms with Gasteiger partial charge in [0.05, 0.1) is 12.2 Å². The summed E-state index contributed by atoms with van der Waals surface area (Å²) in [6.07, 6.45) is 14.3. The van der Waals surface area contributed by atoms with Crippen LogP contribution in [0.1, 0.15) is 89.7 Å². The van der Waals surface area contributed by atoms with Gasteiger partial charge in [-0.3, -0.25) is 4.90 Å². The minimum absolute atomic E-state index is 0.318. The highest BCUT2D eigenvalue weighted by molar-refractivity contribution is 5.18. The fraction of sp³-hybridized carbons (Fsp3) is 0.760. The van der Waals surface area contributed by atoms with Crippen molar-refractivity contribution in [2.45, 2.75) is 102 Å². The number of hydrogen-bond acceptors (Lipinski definition) is 2. The number of hydrogen-bond donors (Lipinski definition) is 0. The van der Waals surface area contributed by atoms with Crippen LogP contribution in [-0.4, -0.2) is 29.6 Å². The van der Waals surface area contributed by atoms with E-state index >= 15 is 0 Å². The van der Waals surface area contributed by atoms with Crippen molar-refractivity contribution in [1.29, 1.82) is 0 Å². The first kappa shape index (κ1) is 19.5. The van der Waals surface area contributed by atoms with Crippen LogP contribution in [0.25, 0.3) is 0 Å². The highest BCUT2D eigenvalue weighted by atomic mass is 16.5. The zero-order valence-corrected chi connectivity index (χ0v) is 17.5. The van der Waals surface area contributed by atoms with Crippen LogP contribution in [-0.2, 0) is 4.74 Å². The lowest BCUT2D eigenvalue weighted by molar-refractivity contribution is -0.0893. The van der Waals surface area contributed by atoms with Crippen molar-refractivity contribution in [3.05, 3.63) is 35.9 Å². The first-order valence-electron chi connectivity index (χ1n) is 11.7. The Morgan fingerprint density at radius 1 is 0.926 bits per heavy atom. The second-order valence-electron chi connectivity index (χ2n) is 9.76. The Morgan fingerprint density at radius 2 is 1.59 bits per heavy atom. The molecule has 4 rings (SSSR count). The maximum absolute atomic E-state index is 6.95. The van der Waals surface area contributed by atoms with E-state index in [4.69, 9.17) is 4.74 Å². The van der Waals surface area contributed by atoms with Crippen LogP contribution in [0.15, 0.2) is 30.3 Å². The Labute approximate surface area is 166 Å². The maximum atomic E-state index is 6.95. The van der Waals surface area contributed by atoms with Gasteiger partial charge in [0.2, 0.25) is 0 Å². The van der Waals surface area contributed by atoms with Crippen LogP contribution < -0.4 is 0 Å². The van der Waals surface area contributed by atoms with Gasteiger partial charge in [-0.2, -0.15) is 0 Å². The van der Waals surface area contributed by atoms with E-state index < -0.39 is 0 Å². The standard InChI is InChI=1S/C25H39NO/c1-19(2)15-16-26-22-13-14-23(26)18-24(17-22)27-25(20-9-5-3-6-10-20)21-11-7-4-8-12-21/h3,5-6,9-10,19,21-25H,4,7-8,11-18H2,1-2H3/t22-,23+,24?,25?. The third-order valence-corrected chi connectivity index (χ3v) is 7.35. The molecule has 0 radical (unpaired) electrons. The molecule has 2 aliphatic heterocycles. The maximum Gasteiger partial charge on any atom is 0.0856 e. The van der Waals surface area contributed by atoms with Crippen LogP contribution in [0.4, 0.5) is 0 Å². The van der Waals surface area contributed by atoms with Crippen molar-refractivity contribution in [3.63, 3.8) is 0 Å². The Bertz CT molecular complexity index is 551. The molecule has 0 amide bonds. The summed E-state index contributed by atoms with van der Waals surface area (Å²) >= 11 is 0. The number of nitrogens with zero attached hydrogens (tertiary/aromatic N) is 1. The van der Waals surface area contributed by atoms with Gasteiger partial charge < -0.3 is 4.74 Å². The van der Waals surface area contributed by atoms with Crippen molar-refractivity contribution in [2.75, 3.05) is 6.54 Å². The fourth-order valence-electron chi connectivity index (χ4n) is 5.86. The summed E-state index contributed by atoms with van der Waals surface area (Å²) in [6.45, 7) is 6.00. The summed E-state index contributed by atoms with van der Waals surface area (Å²) in [5.41, 5.74) is 1.42. The molecule has 4 atom stereocenters. The Morgan fingerprint density at radius 3 is 2.22 bits per heavy atom.